The Bertz CT molecular complexity index is 2460. The SMILES string of the molecule is COc1cc(-c2cn(C)c(=O)c3cnccc23)cc(OC)c1CN(C)CCn1cc(COC2CN(c3ccc4c(c3)C(=O)N(C3CCC(=O)CC3=O)C4=O)C2)nn1. The van der Waals surface area contributed by atoms with E-state index in [1.54, 1.807) is 61.1 Å². The first kappa shape index (κ1) is 37.7. The molecule has 294 valence electrons. The molecule has 1 atom stereocenters. The van der Waals surface area contributed by atoms with Gasteiger partial charge in [-0.25, -0.2) is 0 Å². The number of amides is 2. The Labute approximate surface area is 327 Å². The van der Waals surface area contributed by atoms with Gasteiger partial charge in [-0.3, -0.25) is 43.4 Å². The van der Waals surface area contributed by atoms with Crippen LogP contribution in [0.15, 0.2) is 66.0 Å². The smallest absolute Gasteiger partial charge is 0.262 e. The third-order valence-electron chi connectivity index (χ3n) is 11.0. The van der Waals surface area contributed by atoms with E-state index in [1.807, 2.05) is 37.6 Å². The molecule has 16 nitrogen and oxygen atoms in total. The minimum atomic E-state index is -0.891. The number of aromatic nitrogens is 5. The van der Waals surface area contributed by atoms with Crippen molar-refractivity contribution in [1.29, 1.82) is 0 Å². The Balaban J connectivity index is 0.837. The summed E-state index contributed by atoms with van der Waals surface area (Å²) >= 11 is 0. The molecule has 16 heteroatoms. The van der Waals surface area contributed by atoms with Crippen molar-refractivity contribution in [2.75, 3.05) is 45.8 Å². The first-order chi connectivity index (χ1) is 27.5. The molecule has 8 rings (SSSR count). The number of pyridine rings is 2. The van der Waals surface area contributed by atoms with Gasteiger partial charge in [-0.15, -0.1) is 5.10 Å². The molecule has 2 aromatic carbocycles. The van der Waals surface area contributed by atoms with Crippen LogP contribution in [0.5, 0.6) is 11.5 Å². The molecule has 1 saturated carbocycles. The minimum absolute atomic E-state index is 0.0540. The van der Waals surface area contributed by atoms with Crippen LogP contribution in [0.1, 0.15) is 51.2 Å². The summed E-state index contributed by atoms with van der Waals surface area (Å²) in [7, 11) is 6.99. The summed E-state index contributed by atoms with van der Waals surface area (Å²) < 4.78 is 21.1. The number of carbonyl (C=O) groups excluding carboxylic acids is 4. The van der Waals surface area contributed by atoms with E-state index in [1.165, 1.54) is 0 Å². The number of Topliss-reactive ketones (excluding diaryl/α,β-unsaturated/α-hetero) is 2. The summed E-state index contributed by atoms with van der Waals surface area (Å²) in [5.74, 6) is -0.195. The van der Waals surface area contributed by atoms with E-state index >= 15 is 0 Å². The number of nitrogens with zero attached hydrogens (tertiary/aromatic N) is 8. The Morgan fingerprint density at radius 2 is 1.65 bits per heavy atom. The largest absolute Gasteiger partial charge is 0.496 e. The third-order valence-corrected chi connectivity index (χ3v) is 11.0. The molecule has 2 fully saturated rings. The van der Waals surface area contributed by atoms with Gasteiger partial charge >= 0.3 is 0 Å². The van der Waals surface area contributed by atoms with Crippen LogP contribution in [-0.4, -0.2) is 111 Å². The number of anilines is 1. The highest BCUT2D eigenvalue weighted by Crippen LogP contribution is 2.38. The number of aryl methyl sites for hydroxylation is 1. The van der Waals surface area contributed by atoms with Crippen molar-refractivity contribution in [2.45, 2.75) is 51.1 Å². The van der Waals surface area contributed by atoms with Crippen LogP contribution in [-0.2, 0) is 41.1 Å². The van der Waals surface area contributed by atoms with Gasteiger partial charge in [0.2, 0.25) is 0 Å². The summed E-state index contributed by atoms with van der Waals surface area (Å²) in [5.41, 5.74) is 4.54. The maximum Gasteiger partial charge on any atom is 0.262 e. The molecular weight excluding hydrogens is 732 g/mol. The highest BCUT2D eigenvalue weighted by Gasteiger charge is 2.45. The Hall–Kier alpha value is -6.26. The zero-order valence-electron chi connectivity index (χ0n) is 32.1. The summed E-state index contributed by atoms with van der Waals surface area (Å²) in [6.07, 6.45) is 7.01. The maximum atomic E-state index is 13.3. The highest BCUT2D eigenvalue weighted by atomic mass is 16.5. The van der Waals surface area contributed by atoms with Crippen molar-refractivity contribution in [3.05, 3.63) is 93.9 Å². The lowest BCUT2D eigenvalue weighted by atomic mass is 9.92. The van der Waals surface area contributed by atoms with Crippen LogP contribution in [0.3, 0.4) is 0 Å². The average Bonchev–Trinajstić information content (AvgIpc) is 3.75. The Kier molecular flexibility index (Phi) is 10.1. The van der Waals surface area contributed by atoms with Crippen molar-refractivity contribution >= 4 is 39.8 Å². The molecule has 2 aliphatic heterocycles. The van der Waals surface area contributed by atoms with Crippen molar-refractivity contribution in [3.63, 3.8) is 0 Å². The number of carbonyl (C=O) groups is 4. The third kappa shape index (κ3) is 7.17. The lowest BCUT2D eigenvalue weighted by molar-refractivity contribution is -0.132. The molecule has 3 aliphatic rings. The van der Waals surface area contributed by atoms with Crippen molar-refractivity contribution in [3.8, 4) is 22.6 Å². The van der Waals surface area contributed by atoms with Gasteiger partial charge in [-0.2, -0.15) is 0 Å². The first-order valence-corrected chi connectivity index (χ1v) is 18.7. The molecule has 1 aliphatic carbocycles. The molecule has 0 bridgehead atoms. The fraction of sp³-hybridized carbons (Fsp3) is 0.366. The van der Waals surface area contributed by atoms with Crippen LogP contribution in [0.25, 0.3) is 21.9 Å². The van der Waals surface area contributed by atoms with Crippen LogP contribution in [0.2, 0.25) is 0 Å². The molecule has 5 aromatic rings. The van der Waals surface area contributed by atoms with Crippen molar-refractivity contribution < 1.29 is 33.4 Å². The molecule has 57 heavy (non-hydrogen) atoms. The number of hydrogen-bond donors (Lipinski definition) is 0. The normalized spacial score (nSPS) is 17.2. The predicted octanol–water partition coefficient (Wildman–Crippen LogP) is 3.03. The fourth-order valence-electron chi connectivity index (χ4n) is 7.79. The van der Waals surface area contributed by atoms with E-state index in [-0.39, 0.29) is 53.6 Å². The summed E-state index contributed by atoms with van der Waals surface area (Å²) in [5, 5.41) is 9.92. The Morgan fingerprint density at radius 3 is 2.39 bits per heavy atom. The lowest BCUT2D eigenvalue weighted by Gasteiger charge is -2.40. The average molecular weight is 775 g/mol. The van der Waals surface area contributed by atoms with Crippen molar-refractivity contribution in [2.24, 2.45) is 7.05 Å². The van der Waals surface area contributed by atoms with Crippen molar-refractivity contribution in [1.82, 2.24) is 34.3 Å². The van der Waals surface area contributed by atoms with E-state index in [0.717, 1.165) is 32.7 Å². The summed E-state index contributed by atoms with van der Waals surface area (Å²) in [4.78, 5) is 72.6. The quantitative estimate of drug-likeness (QED) is 0.126. The molecular formula is C41H42N8O8. The molecule has 0 radical (unpaired) electrons. The fourth-order valence-corrected chi connectivity index (χ4v) is 7.79. The zero-order chi connectivity index (χ0) is 40.0. The molecule has 2 amide bonds. The summed E-state index contributed by atoms with van der Waals surface area (Å²) in [6.45, 7) is 3.28. The molecule has 1 unspecified atom stereocenters. The second-order valence-electron chi connectivity index (χ2n) is 14.7. The number of likely N-dealkylation sites (N-methyl/N-ethyl adjacent to an activating group) is 1. The zero-order valence-corrected chi connectivity index (χ0v) is 32.1. The Morgan fingerprint density at radius 1 is 0.895 bits per heavy atom. The summed E-state index contributed by atoms with van der Waals surface area (Å²) in [6, 6.07) is 10.0. The number of benzene rings is 2. The molecule has 3 aromatic heterocycles. The van der Waals surface area contributed by atoms with E-state index in [4.69, 9.17) is 14.2 Å². The number of ether oxygens (including phenoxy) is 3. The van der Waals surface area contributed by atoms with Gasteiger partial charge in [0.25, 0.3) is 17.4 Å². The van der Waals surface area contributed by atoms with Gasteiger partial charge in [-0.05, 0) is 60.8 Å². The lowest BCUT2D eigenvalue weighted by Crippen LogP contribution is -2.52. The van der Waals surface area contributed by atoms with Crippen LogP contribution in [0.4, 0.5) is 5.69 Å². The number of imide groups is 1. The first-order valence-electron chi connectivity index (χ1n) is 18.7. The molecule has 0 N–H and O–H groups in total. The van der Waals surface area contributed by atoms with Crippen LogP contribution < -0.4 is 19.9 Å². The van der Waals surface area contributed by atoms with Gasteiger partial charge in [0.05, 0.1) is 74.2 Å². The second kappa shape index (κ2) is 15.3. The van der Waals surface area contributed by atoms with Gasteiger partial charge in [-0.1, -0.05) is 5.21 Å². The van der Waals surface area contributed by atoms with E-state index in [2.05, 4.69) is 25.1 Å². The second-order valence-corrected chi connectivity index (χ2v) is 14.7. The number of hydrogen-bond acceptors (Lipinski definition) is 13. The molecule has 5 heterocycles. The molecule has 1 saturated heterocycles. The van der Waals surface area contributed by atoms with E-state index in [9.17, 15) is 24.0 Å². The topological polar surface area (TPSA) is 171 Å². The van der Waals surface area contributed by atoms with E-state index < -0.39 is 17.9 Å². The number of methoxy groups -OCH3 is 2. The van der Waals surface area contributed by atoms with E-state index in [0.29, 0.717) is 61.9 Å². The van der Waals surface area contributed by atoms with Crippen LogP contribution >= 0.6 is 0 Å². The number of rotatable bonds is 13. The number of ketones is 2. The van der Waals surface area contributed by atoms with Gasteiger partial charge in [0.1, 0.15) is 23.0 Å². The maximum absolute atomic E-state index is 13.3. The van der Waals surface area contributed by atoms with Crippen LogP contribution in [0, 0.1) is 0 Å². The number of fused-ring (bicyclic) bond motifs is 2. The monoisotopic (exact) mass is 774 g/mol. The van der Waals surface area contributed by atoms with Gasteiger partial charge in [0, 0.05) is 69.5 Å². The van der Waals surface area contributed by atoms with Gasteiger partial charge < -0.3 is 23.7 Å². The standard InChI is InChI=1S/C41H42N8O8/c1-45(21-34-37(55-3)13-24(14-38(34)56-4)33-22-46(2)39(52)32-17-42-10-9-29(32)33)11-12-48-18-25(43-44-48)23-57-28-19-47(20-28)26-5-7-30-31(15-26)41(54)49(40(30)53)35-8-6-27(50)16-36(35)51/h5,7,9-10,13-15,17-18,22,28,35H,6,8,11-12,16,19-21,23H2,1-4H3. The predicted molar refractivity (Wildman–Crippen MR) is 207 cm³/mol. The highest BCUT2D eigenvalue weighted by molar-refractivity contribution is 6.24. The minimum Gasteiger partial charge on any atom is -0.496 e. The molecule has 0 spiro atoms. The van der Waals surface area contributed by atoms with Gasteiger partial charge in [0.15, 0.2) is 5.78 Å².